The highest BCUT2D eigenvalue weighted by Gasteiger charge is 2.22. The fourth-order valence-corrected chi connectivity index (χ4v) is 2.68. The van der Waals surface area contributed by atoms with Gasteiger partial charge in [-0.2, -0.15) is 0 Å². The molecule has 0 aliphatic carbocycles. The average molecular weight is 294 g/mol. The summed E-state index contributed by atoms with van der Waals surface area (Å²) in [6.45, 7) is 3.91. The lowest BCUT2D eigenvalue weighted by molar-refractivity contribution is 0.0595. The number of carbonyl (C=O) groups excluding carboxylic acids is 1. The summed E-state index contributed by atoms with van der Waals surface area (Å²) < 4.78 is 18.4. The molecule has 116 valence electrons. The third-order valence-corrected chi connectivity index (χ3v) is 4.24. The lowest BCUT2D eigenvalue weighted by Gasteiger charge is -2.35. The number of nitrogens with zero attached hydrogens (tertiary/aromatic N) is 1. The molecule has 0 radical (unpaired) electrons. The first-order valence-corrected chi connectivity index (χ1v) is 7.31. The molecule has 0 aromatic heterocycles. The van der Waals surface area contributed by atoms with E-state index in [1.807, 2.05) is 0 Å². The van der Waals surface area contributed by atoms with Crippen molar-refractivity contribution in [1.82, 2.24) is 10.2 Å². The molecule has 2 atom stereocenters. The first kappa shape index (κ1) is 15.9. The van der Waals surface area contributed by atoms with Gasteiger partial charge in [0.15, 0.2) is 0 Å². The van der Waals surface area contributed by atoms with Crippen LogP contribution < -0.4 is 5.32 Å². The molecule has 21 heavy (non-hydrogen) atoms. The minimum absolute atomic E-state index is 0.0193. The van der Waals surface area contributed by atoms with E-state index in [4.69, 9.17) is 0 Å². The van der Waals surface area contributed by atoms with Gasteiger partial charge in [0, 0.05) is 18.6 Å². The fourth-order valence-electron chi connectivity index (χ4n) is 2.68. The van der Waals surface area contributed by atoms with Gasteiger partial charge in [-0.25, -0.2) is 9.18 Å². The van der Waals surface area contributed by atoms with Crippen LogP contribution >= 0.6 is 0 Å². The Balaban J connectivity index is 1.92. The van der Waals surface area contributed by atoms with Crippen LogP contribution in [0.3, 0.4) is 0 Å². The summed E-state index contributed by atoms with van der Waals surface area (Å²) in [4.78, 5) is 13.7. The molecule has 1 aromatic carbocycles. The fraction of sp³-hybridized carbons (Fsp3) is 0.562. The van der Waals surface area contributed by atoms with Gasteiger partial charge in [-0.1, -0.05) is 6.07 Å². The number of methoxy groups -OCH3 is 1. The Labute approximate surface area is 125 Å². The average Bonchev–Trinajstić information content (AvgIpc) is 2.48. The number of hydrogen-bond acceptors (Lipinski definition) is 4. The summed E-state index contributed by atoms with van der Waals surface area (Å²) in [5.74, 6) is -1.17. The van der Waals surface area contributed by atoms with Gasteiger partial charge in [-0.05, 0) is 51.1 Å². The van der Waals surface area contributed by atoms with Gasteiger partial charge in [0.1, 0.15) is 5.82 Å². The predicted molar refractivity (Wildman–Crippen MR) is 79.7 cm³/mol. The Hall–Kier alpha value is -1.46. The molecule has 2 unspecified atom stereocenters. The zero-order valence-corrected chi connectivity index (χ0v) is 12.9. The van der Waals surface area contributed by atoms with E-state index in [9.17, 15) is 9.18 Å². The third-order valence-electron chi connectivity index (χ3n) is 4.24. The number of rotatable bonds is 4. The molecule has 1 saturated heterocycles. The van der Waals surface area contributed by atoms with Gasteiger partial charge >= 0.3 is 5.97 Å². The van der Waals surface area contributed by atoms with E-state index in [2.05, 4.69) is 28.9 Å². The second-order valence-corrected chi connectivity index (χ2v) is 5.74. The molecular weight excluding hydrogens is 271 g/mol. The van der Waals surface area contributed by atoms with Crippen molar-refractivity contribution < 1.29 is 13.9 Å². The van der Waals surface area contributed by atoms with Crippen molar-refractivity contribution in [3.8, 4) is 0 Å². The molecule has 0 spiro atoms. The van der Waals surface area contributed by atoms with Crippen molar-refractivity contribution in [2.24, 2.45) is 0 Å². The zero-order valence-electron chi connectivity index (χ0n) is 12.9. The summed E-state index contributed by atoms with van der Waals surface area (Å²) in [5.41, 5.74) is 0.820. The number of esters is 1. The smallest absolute Gasteiger partial charge is 0.340 e. The first-order chi connectivity index (χ1) is 10.0. The molecule has 5 heteroatoms. The van der Waals surface area contributed by atoms with E-state index >= 15 is 0 Å². The van der Waals surface area contributed by atoms with Crippen molar-refractivity contribution in [3.05, 3.63) is 35.1 Å². The van der Waals surface area contributed by atoms with Crippen molar-refractivity contribution in [2.75, 3.05) is 20.7 Å². The van der Waals surface area contributed by atoms with Gasteiger partial charge in [0.2, 0.25) is 0 Å². The Bertz CT molecular complexity index is 507. The highest BCUT2D eigenvalue weighted by Crippen LogP contribution is 2.17. The summed E-state index contributed by atoms with van der Waals surface area (Å²) in [5, 5.41) is 3.47. The van der Waals surface area contributed by atoms with Gasteiger partial charge in [-0.15, -0.1) is 0 Å². The van der Waals surface area contributed by atoms with Crippen LogP contribution in [-0.2, 0) is 11.3 Å². The molecular formula is C16H23FN2O2. The van der Waals surface area contributed by atoms with Crippen LogP contribution in [0.1, 0.15) is 35.7 Å². The lowest BCUT2D eigenvalue weighted by Crippen LogP contribution is -2.45. The number of benzene rings is 1. The minimum atomic E-state index is -0.642. The Morgan fingerprint density at radius 1 is 1.52 bits per heavy atom. The first-order valence-electron chi connectivity index (χ1n) is 7.31. The van der Waals surface area contributed by atoms with Crippen molar-refractivity contribution >= 4 is 5.97 Å². The van der Waals surface area contributed by atoms with Crippen molar-refractivity contribution in [3.63, 3.8) is 0 Å². The van der Waals surface area contributed by atoms with Crippen LogP contribution in [0.2, 0.25) is 0 Å². The zero-order chi connectivity index (χ0) is 15.4. The minimum Gasteiger partial charge on any atom is -0.465 e. The quantitative estimate of drug-likeness (QED) is 0.864. The van der Waals surface area contributed by atoms with Gasteiger partial charge < -0.3 is 15.0 Å². The van der Waals surface area contributed by atoms with E-state index in [1.165, 1.54) is 19.2 Å². The molecule has 0 amide bonds. The third kappa shape index (κ3) is 4.02. The number of hydrogen-bond donors (Lipinski definition) is 1. The molecule has 0 saturated carbocycles. The summed E-state index contributed by atoms with van der Waals surface area (Å²) in [6.07, 6.45) is 2.20. The van der Waals surface area contributed by atoms with Crippen LogP contribution in [-0.4, -0.2) is 43.7 Å². The maximum Gasteiger partial charge on any atom is 0.340 e. The number of likely N-dealkylation sites (tertiary alicyclic amines) is 1. The van der Waals surface area contributed by atoms with Crippen LogP contribution in [0.15, 0.2) is 18.2 Å². The number of ether oxygens (including phenoxy) is 1. The van der Waals surface area contributed by atoms with E-state index in [1.54, 1.807) is 6.07 Å². The molecule has 2 rings (SSSR count). The number of carbonyl (C=O) groups is 1. The van der Waals surface area contributed by atoms with Crippen LogP contribution in [0.4, 0.5) is 4.39 Å². The van der Waals surface area contributed by atoms with E-state index in [0.717, 1.165) is 24.9 Å². The maximum absolute atomic E-state index is 13.8. The van der Waals surface area contributed by atoms with Crippen molar-refractivity contribution in [2.45, 2.75) is 38.4 Å². The molecule has 0 bridgehead atoms. The molecule has 1 heterocycles. The van der Waals surface area contributed by atoms with Gasteiger partial charge in [-0.3, -0.25) is 0 Å². The molecule has 1 N–H and O–H groups in total. The highest BCUT2D eigenvalue weighted by atomic mass is 19.1. The lowest BCUT2D eigenvalue weighted by atomic mass is 9.98. The molecule has 1 aromatic rings. The molecule has 1 aliphatic rings. The molecule has 1 aliphatic heterocycles. The second kappa shape index (κ2) is 7.00. The summed E-state index contributed by atoms with van der Waals surface area (Å²) in [7, 11) is 3.39. The highest BCUT2D eigenvalue weighted by molar-refractivity contribution is 5.89. The summed E-state index contributed by atoms with van der Waals surface area (Å²) in [6, 6.07) is 5.67. The van der Waals surface area contributed by atoms with Gasteiger partial charge in [0.05, 0.1) is 12.7 Å². The number of piperidine rings is 1. The van der Waals surface area contributed by atoms with Crippen molar-refractivity contribution in [1.29, 1.82) is 0 Å². The van der Waals surface area contributed by atoms with Gasteiger partial charge in [0.25, 0.3) is 0 Å². The normalized spacial score (nSPS) is 23.0. The van der Waals surface area contributed by atoms with Crippen LogP contribution in [0, 0.1) is 5.82 Å². The molecule has 1 fully saturated rings. The molecule has 4 nitrogen and oxygen atoms in total. The Morgan fingerprint density at radius 2 is 2.29 bits per heavy atom. The Morgan fingerprint density at radius 3 is 2.90 bits per heavy atom. The van der Waals surface area contributed by atoms with E-state index < -0.39 is 11.8 Å². The van der Waals surface area contributed by atoms with Crippen LogP contribution in [0.5, 0.6) is 0 Å². The van der Waals surface area contributed by atoms with E-state index in [0.29, 0.717) is 18.6 Å². The van der Waals surface area contributed by atoms with E-state index in [-0.39, 0.29) is 5.56 Å². The SMILES string of the molecule is COC(=O)c1ccc(CNC2CCN(C)C(C)C2)cc1F. The van der Waals surface area contributed by atoms with Crippen LogP contribution in [0.25, 0.3) is 0 Å². The largest absolute Gasteiger partial charge is 0.465 e. The standard InChI is InChI=1S/C16H23FN2O2/c1-11-8-13(6-7-19(11)2)18-10-12-4-5-14(15(17)9-12)16(20)21-3/h4-5,9,11,13,18H,6-8,10H2,1-3H3. The topological polar surface area (TPSA) is 41.6 Å². The number of halogens is 1. The predicted octanol–water partition coefficient (Wildman–Crippen LogP) is 2.18. The maximum atomic E-state index is 13.8. The summed E-state index contributed by atoms with van der Waals surface area (Å²) >= 11 is 0. The monoisotopic (exact) mass is 294 g/mol. The second-order valence-electron chi connectivity index (χ2n) is 5.74. The number of nitrogens with one attached hydrogen (secondary N) is 1. The Kier molecular flexibility index (Phi) is 5.31.